The quantitative estimate of drug-likeness (QED) is 0.822. The van der Waals surface area contributed by atoms with Crippen LogP contribution in [0, 0.1) is 13.8 Å². The lowest BCUT2D eigenvalue weighted by Crippen LogP contribution is -2.24. The van der Waals surface area contributed by atoms with Gasteiger partial charge in [0.15, 0.2) is 0 Å². The third-order valence-corrected chi connectivity index (χ3v) is 3.13. The second-order valence-corrected chi connectivity index (χ2v) is 4.81. The van der Waals surface area contributed by atoms with Gasteiger partial charge in [-0.25, -0.2) is 0 Å². The maximum Gasteiger partial charge on any atom is 0.125 e. The Bertz CT molecular complexity index is 380. The molecule has 1 aliphatic carbocycles. The van der Waals surface area contributed by atoms with Crippen LogP contribution in [0.3, 0.4) is 0 Å². The Morgan fingerprint density at radius 3 is 2.53 bits per heavy atom. The fraction of sp³-hybridized carbons (Fsp3) is 0.538. The van der Waals surface area contributed by atoms with Gasteiger partial charge < -0.3 is 10.5 Å². The van der Waals surface area contributed by atoms with E-state index in [0.29, 0.717) is 0 Å². The topological polar surface area (TPSA) is 35.2 Å². The van der Waals surface area contributed by atoms with Crippen LogP contribution in [-0.2, 0) is 6.42 Å². The Balaban J connectivity index is 2.35. The van der Waals surface area contributed by atoms with Gasteiger partial charge in [0, 0.05) is 5.54 Å². The SMILES string of the molecule is COc1c(C)cc(C)cc1CC1(N)CC1. The predicted molar refractivity (Wildman–Crippen MR) is 62.3 cm³/mol. The van der Waals surface area contributed by atoms with Crippen molar-refractivity contribution in [2.75, 3.05) is 7.11 Å². The molecule has 0 radical (unpaired) electrons. The Hall–Kier alpha value is -1.02. The third-order valence-electron chi connectivity index (χ3n) is 3.13. The molecule has 1 aromatic carbocycles. The van der Waals surface area contributed by atoms with E-state index >= 15 is 0 Å². The molecule has 2 nitrogen and oxygen atoms in total. The Kier molecular flexibility index (Phi) is 2.47. The minimum Gasteiger partial charge on any atom is -0.496 e. The summed E-state index contributed by atoms with van der Waals surface area (Å²) < 4.78 is 5.45. The first-order valence-electron chi connectivity index (χ1n) is 5.47. The lowest BCUT2D eigenvalue weighted by molar-refractivity contribution is 0.404. The molecule has 0 atom stereocenters. The minimum absolute atomic E-state index is 0.0491. The van der Waals surface area contributed by atoms with Crippen molar-refractivity contribution >= 4 is 0 Å². The molecule has 82 valence electrons. The van der Waals surface area contributed by atoms with Crippen molar-refractivity contribution in [3.63, 3.8) is 0 Å². The monoisotopic (exact) mass is 205 g/mol. The van der Waals surface area contributed by atoms with Crippen molar-refractivity contribution < 1.29 is 4.74 Å². The van der Waals surface area contributed by atoms with E-state index in [9.17, 15) is 0 Å². The molecule has 0 unspecified atom stereocenters. The molecule has 1 aliphatic rings. The van der Waals surface area contributed by atoms with E-state index < -0.39 is 0 Å². The summed E-state index contributed by atoms with van der Waals surface area (Å²) in [6, 6.07) is 4.34. The predicted octanol–water partition coefficient (Wildman–Crippen LogP) is 2.35. The number of hydrogen-bond donors (Lipinski definition) is 1. The third kappa shape index (κ3) is 2.15. The van der Waals surface area contributed by atoms with Crippen molar-refractivity contribution in [2.45, 2.75) is 38.6 Å². The van der Waals surface area contributed by atoms with Crippen LogP contribution in [0.1, 0.15) is 29.5 Å². The summed E-state index contributed by atoms with van der Waals surface area (Å²) in [5, 5.41) is 0. The summed E-state index contributed by atoms with van der Waals surface area (Å²) in [6.07, 6.45) is 3.23. The molecule has 0 saturated heterocycles. The van der Waals surface area contributed by atoms with Crippen LogP contribution in [-0.4, -0.2) is 12.6 Å². The fourth-order valence-corrected chi connectivity index (χ4v) is 2.18. The van der Waals surface area contributed by atoms with Crippen LogP contribution in [0.2, 0.25) is 0 Å². The molecule has 0 aromatic heterocycles. The summed E-state index contributed by atoms with van der Waals surface area (Å²) in [5.74, 6) is 1.01. The number of hydrogen-bond acceptors (Lipinski definition) is 2. The molecule has 2 N–H and O–H groups in total. The first-order chi connectivity index (χ1) is 7.04. The molecule has 1 saturated carbocycles. The van der Waals surface area contributed by atoms with Crippen LogP contribution >= 0.6 is 0 Å². The molecule has 2 heteroatoms. The van der Waals surface area contributed by atoms with Gasteiger partial charge in [0.25, 0.3) is 0 Å². The van der Waals surface area contributed by atoms with Gasteiger partial charge in [-0.15, -0.1) is 0 Å². The lowest BCUT2D eigenvalue weighted by atomic mass is 9.99. The molecule has 1 fully saturated rings. The summed E-state index contributed by atoms with van der Waals surface area (Å²) in [5.41, 5.74) is 9.95. The second-order valence-electron chi connectivity index (χ2n) is 4.81. The molecule has 0 aliphatic heterocycles. The van der Waals surface area contributed by atoms with Crippen LogP contribution in [0.5, 0.6) is 5.75 Å². The highest BCUT2D eigenvalue weighted by Gasteiger charge is 2.38. The van der Waals surface area contributed by atoms with Gasteiger partial charge in [0.1, 0.15) is 5.75 Å². The molecular weight excluding hydrogens is 186 g/mol. The van der Waals surface area contributed by atoms with E-state index in [4.69, 9.17) is 10.5 Å². The van der Waals surface area contributed by atoms with Crippen molar-refractivity contribution in [1.82, 2.24) is 0 Å². The second kappa shape index (κ2) is 3.53. The number of nitrogens with two attached hydrogens (primary N) is 1. The van der Waals surface area contributed by atoms with Gasteiger partial charge in [-0.05, 0) is 44.2 Å². The number of methoxy groups -OCH3 is 1. The maximum absolute atomic E-state index is 6.15. The smallest absolute Gasteiger partial charge is 0.125 e. The van der Waals surface area contributed by atoms with E-state index in [1.807, 2.05) is 0 Å². The molecule has 0 spiro atoms. The Morgan fingerprint density at radius 1 is 1.33 bits per heavy atom. The summed E-state index contributed by atoms with van der Waals surface area (Å²) in [4.78, 5) is 0. The van der Waals surface area contributed by atoms with E-state index in [1.54, 1.807) is 7.11 Å². The Morgan fingerprint density at radius 2 is 2.00 bits per heavy atom. The highest BCUT2D eigenvalue weighted by atomic mass is 16.5. The number of benzene rings is 1. The van der Waals surface area contributed by atoms with Crippen molar-refractivity contribution in [3.8, 4) is 5.75 Å². The molecule has 15 heavy (non-hydrogen) atoms. The van der Waals surface area contributed by atoms with Gasteiger partial charge in [0.2, 0.25) is 0 Å². The number of aryl methyl sites for hydroxylation is 2. The van der Waals surface area contributed by atoms with Gasteiger partial charge >= 0.3 is 0 Å². The highest BCUT2D eigenvalue weighted by molar-refractivity contribution is 5.45. The van der Waals surface area contributed by atoms with Gasteiger partial charge in [-0.2, -0.15) is 0 Å². The molecule has 2 rings (SSSR count). The van der Waals surface area contributed by atoms with Crippen LogP contribution in [0.4, 0.5) is 0 Å². The first kappa shape index (κ1) is 10.5. The maximum atomic E-state index is 6.15. The average Bonchev–Trinajstić information content (AvgIpc) is 2.82. The van der Waals surface area contributed by atoms with Crippen molar-refractivity contribution in [3.05, 3.63) is 28.8 Å². The molecule has 0 heterocycles. The van der Waals surface area contributed by atoms with Crippen molar-refractivity contribution in [2.24, 2.45) is 5.73 Å². The highest BCUT2D eigenvalue weighted by Crippen LogP contribution is 2.38. The van der Waals surface area contributed by atoms with E-state index in [-0.39, 0.29) is 5.54 Å². The zero-order valence-electron chi connectivity index (χ0n) is 9.76. The van der Waals surface area contributed by atoms with Gasteiger partial charge in [-0.1, -0.05) is 17.7 Å². The normalized spacial score (nSPS) is 17.6. The lowest BCUT2D eigenvalue weighted by Gasteiger charge is -2.15. The fourth-order valence-electron chi connectivity index (χ4n) is 2.18. The number of rotatable bonds is 3. The van der Waals surface area contributed by atoms with E-state index in [0.717, 1.165) is 25.0 Å². The summed E-state index contributed by atoms with van der Waals surface area (Å²) >= 11 is 0. The standard InChI is InChI=1S/C13H19NO/c1-9-6-10(2)12(15-3)11(7-9)8-13(14)4-5-13/h6-7H,4-5,8,14H2,1-3H3. The largest absolute Gasteiger partial charge is 0.496 e. The van der Waals surface area contributed by atoms with Crippen molar-refractivity contribution in [1.29, 1.82) is 0 Å². The molecule has 0 bridgehead atoms. The molecule has 1 aromatic rings. The average molecular weight is 205 g/mol. The number of ether oxygens (including phenoxy) is 1. The summed E-state index contributed by atoms with van der Waals surface area (Å²) in [7, 11) is 1.73. The van der Waals surface area contributed by atoms with Gasteiger partial charge in [0.05, 0.1) is 7.11 Å². The first-order valence-corrected chi connectivity index (χ1v) is 5.47. The zero-order valence-corrected chi connectivity index (χ0v) is 9.76. The Labute approximate surface area is 91.4 Å². The summed E-state index contributed by atoms with van der Waals surface area (Å²) in [6.45, 7) is 4.21. The molecular formula is C13H19NO. The zero-order chi connectivity index (χ0) is 11.1. The molecule has 0 amide bonds. The minimum atomic E-state index is 0.0491. The van der Waals surface area contributed by atoms with Crippen LogP contribution in [0.25, 0.3) is 0 Å². The van der Waals surface area contributed by atoms with E-state index in [2.05, 4.69) is 26.0 Å². The van der Waals surface area contributed by atoms with Gasteiger partial charge in [-0.3, -0.25) is 0 Å². The van der Waals surface area contributed by atoms with Crippen LogP contribution in [0.15, 0.2) is 12.1 Å². The van der Waals surface area contributed by atoms with E-state index in [1.165, 1.54) is 16.7 Å². The van der Waals surface area contributed by atoms with Crippen LogP contribution < -0.4 is 10.5 Å².